The summed E-state index contributed by atoms with van der Waals surface area (Å²) in [6.07, 6.45) is 3.27. The van der Waals surface area contributed by atoms with Crippen LogP contribution in [-0.2, 0) is 11.2 Å². The van der Waals surface area contributed by atoms with E-state index in [1.165, 1.54) is 17.0 Å². The first-order valence-electron chi connectivity index (χ1n) is 6.09. The molecule has 16 heavy (non-hydrogen) atoms. The molecule has 0 bridgehead atoms. The topological polar surface area (TPSA) is 49.9 Å². The number of H-pyrrole nitrogens is 1. The van der Waals surface area contributed by atoms with Gasteiger partial charge < -0.3 is 10.1 Å². The van der Waals surface area contributed by atoms with Gasteiger partial charge in [-0.1, -0.05) is 0 Å². The van der Waals surface area contributed by atoms with Crippen molar-refractivity contribution in [1.29, 1.82) is 0 Å². The summed E-state index contributed by atoms with van der Waals surface area (Å²) in [4.78, 5) is 0. The molecule has 0 radical (unpaired) electrons. The minimum Gasteiger partial charge on any atom is -0.381 e. The van der Waals surface area contributed by atoms with Crippen molar-refractivity contribution in [3.8, 4) is 0 Å². The molecule has 4 nitrogen and oxygen atoms in total. The van der Waals surface area contributed by atoms with Gasteiger partial charge in [0.1, 0.15) is 0 Å². The van der Waals surface area contributed by atoms with Crippen LogP contribution < -0.4 is 5.32 Å². The van der Waals surface area contributed by atoms with Crippen molar-refractivity contribution in [2.75, 3.05) is 26.8 Å². The fraction of sp³-hybridized carbons (Fsp3) is 0.750. The lowest BCUT2D eigenvalue weighted by molar-refractivity contribution is 0.0850. The van der Waals surface area contributed by atoms with Gasteiger partial charge in [0.05, 0.1) is 5.69 Å². The standard InChI is InChI=1S/C12H21N3O/c1-9-12(10-4-7-16-8-5-10)11(15-14-9)3-6-13-2/h10,13H,3-8H2,1-2H3,(H,14,15). The molecule has 0 spiro atoms. The zero-order valence-corrected chi connectivity index (χ0v) is 10.2. The van der Waals surface area contributed by atoms with E-state index in [0.717, 1.165) is 39.0 Å². The number of nitrogens with one attached hydrogen (secondary N) is 2. The van der Waals surface area contributed by atoms with E-state index >= 15 is 0 Å². The van der Waals surface area contributed by atoms with Gasteiger partial charge in [0.25, 0.3) is 0 Å². The zero-order valence-electron chi connectivity index (χ0n) is 10.2. The van der Waals surface area contributed by atoms with Gasteiger partial charge in [-0.05, 0) is 38.3 Å². The molecule has 1 fully saturated rings. The fourth-order valence-corrected chi connectivity index (χ4v) is 2.45. The molecule has 4 heteroatoms. The van der Waals surface area contributed by atoms with Crippen LogP contribution in [0.2, 0.25) is 0 Å². The van der Waals surface area contributed by atoms with Crippen molar-refractivity contribution in [2.24, 2.45) is 0 Å². The Balaban J connectivity index is 2.13. The van der Waals surface area contributed by atoms with Crippen LogP contribution in [0.5, 0.6) is 0 Å². The summed E-state index contributed by atoms with van der Waals surface area (Å²) in [5.41, 5.74) is 3.91. The van der Waals surface area contributed by atoms with Crippen LogP contribution in [0, 0.1) is 6.92 Å². The Bertz CT molecular complexity index is 329. The van der Waals surface area contributed by atoms with Crippen molar-refractivity contribution in [2.45, 2.75) is 32.1 Å². The molecule has 2 rings (SSSR count). The molecule has 1 aromatic heterocycles. The molecule has 1 saturated heterocycles. The molecule has 2 N–H and O–H groups in total. The van der Waals surface area contributed by atoms with Crippen molar-refractivity contribution in [3.63, 3.8) is 0 Å². The number of nitrogens with zero attached hydrogens (tertiary/aromatic N) is 1. The van der Waals surface area contributed by atoms with Crippen molar-refractivity contribution < 1.29 is 4.74 Å². The lowest BCUT2D eigenvalue weighted by Gasteiger charge is -2.22. The summed E-state index contributed by atoms with van der Waals surface area (Å²) in [5, 5.41) is 10.7. The van der Waals surface area contributed by atoms with Crippen LogP contribution in [0.1, 0.15) is 35.7 Å². The molecule has 1 aliphatic heterocycles. The van der Waals surface area contributed by atoms with E-state index in [1.54, 1.807) is 0 Å². The van der Waals surface area contributed by atoms with E-state index in [4.69, 9.17) is 4.74 Å². The molecule has 1 aromatic rings. The van der Waals surface area contributed by atoms with E-state index in [-0.39, 0.29) is 0 Å². The second-order valence-electron chi connectivity index (χ2n) is 4.45. The average molecular weight is 223 g/mol. The average Bonchev–Trinajstić information content (AvgIpc) is 2.69. The first-order chi connectivity index (χ1) is 7.83. The Morgan fingerprint density at radius 2 is 2.19 bits per heavy atom. The number of ether oxygens (including phenoxy) is 1. The number of aryl methyl sites for hydroxylation is 1. The normalized spacial score (nSPS) is 17.9. The maximum absolute atomic E-state index is 5.42. The Kier molecular flexibility index (Phi) is 3.96. The first kappa shape index (κ1) is 11.6. The SMILES string of the molecule is CNCCc1n[nH]c(C)c1C1CCOCC1. The number of likely N-dealkylation sites (N-methyl/N-ethyl adjacent to an activating group) is 1. The second-order valence-corrected chi connectivity index (χ2v) is 4.45. The third-order valence-electron chi connectivity index (χ3n) is 3.31. The second kappa shape index (κ2) is 5.46. The molecule has 1 aliphatic rings. The highest BCUT2D eigenvalue weighted by molar-refractivity contribution is 5.29. The van der Waals surface area contributed by atoms with Crippen LogP contribution >= 0.6 is 0 Å². The van der Waals surface area contributed by atoms with Crippen molar-refractivity contribution >= 4 is 0 Å². The van der Waals surface area contributed by atoms with E-state index < -0.39 is 0 Å². The zero-order chi connectivity index (χ0) is 11.4. The third-order valence-corrected chi connectivity index (χ3v) is 3.31. The highest BCUT2D eigenvalue weighted by Crippen LogP contribution is 2.30. The molecular formula is C12H21N3O. The lowest BCUT2D eigenvalue weighted by Crippen LogP contribution is -2.17. The van der Waals surface area contributed by atoms with Gasteiger partial charge in [0, 0.05) is 31.9 Å². The van der Waals surface area contributed by atoms with Gasteiger partial charge in [-0.2, -0.15) is 5.10 Å². The number of rotatable bonds is 4. The van der Waals surface area contributed by atoms with Crippen LogP contribution in [-0.4, -0.2) is 37.0 Å². The Morgan fingerprint density at radius 1 is 1.44 bits per heavy atom. The molecule has 0 unspecified atom stereocenters. The lowest BCUT2D eigenvalue weighted by atomic mass is 9.89. The molecule has 2 heterocycles. The molecule has 0 aliphatic carbocycles. The smallest absolute Gasteiger partial charge is 0.0672 e. The largest absolute Gasteiger partial charge is 0.381 e. The van der Waals surface area contributed by atoms with Crippen LogP contribution in [0.15, 0.2) is 0 Å². The summed E-state index contributed by atoms with van der Waals surface area (Å²) in [6, 6.07) is 0. The van der Waals surface area contributed by atoms with E-state index in [0.29, 0.717) is 5.92 Å². The Morgan fingerprint density at radius 3 is 2.88 bits per heavy atom. The molecule has 0 amide bonds. The van der Waals surface area contributed by atoms with Crippen LogP contribution in [0.25, 0.3) is 0 Å². The molecule has 0 atom stereocenters. The highest BCUT2D eigenvalue weighted by Gasteiger charge is 2.22. The predicted molar refractivity (Wildman–Crippen MR) is 63.7 cm³/mol. The van der Waals surface area contributed by atoms with E-state index in [2.05, 4.69) is 22.4 Å². The maximum atomic E-state index is 5.42. The minimum absolute atomic E-state index is 0.638. The van der Waals surface area contributed by atoms with E-state index in [9.17, 15) is 0 Å². The summed E-state index contributed by atoms with van der Waals surface area (Å²) in [7, 11) is 1.98. The van der Waals surface area contributed by atoms with Gasteiger partial charge in [0.2, 0.25) is 0 Å². The van der Waals surface area contributed by atoms with Gasteiger partial charge in [-0.3, -0.25) is 5.10 Å². The van der Waals surface area contributed by atoms with Gasteiger partial charge in [-0.15, -0.1) is 0 Å². The number of hydrogen-bond acceptors (Lipinski definition) is 3. The van der Waals surface area contributed by atoms with E-state index in [1.807, 2.05) is 7.05 Å². The van der Waals surface area contributed by atoms with Crippen LogP contribution in [0.3, 0.4) is 0 Å². The quantitative estimate of drug-likeness (QED) is 0.810. The highest BCUT2D eigenvalue weighted by atomic mass is 16.5. The maximum Gasteiger partial charge on any atom is 0.0672 e. The molecule has 90 valence electrons. The molecule has 0 aromatic carbocycles. The van der Waals surface area contributed by atoms with Gasteiger partial charge >= 0.3 is 0 Å². The van der Waals surface area contributed by atoms with Crippen molar-refractivity contribution in [1.82, 2.24) is 15.5 Å². The summed E-state index contributed by atoms with van der Waals surface area (Å²) in [5.74, 6) is 0.638. The Labute approximate surface area is 96.8 Å². The molecule has 0 saturated carbocycles. The first-order valence-corrected chi connectivity index (χ1v) is 6.09. The van der Waals surface area contributed by atoms with Crippen LogP contribution in [0.4, 0.5) is 0 Å². The predicted octanol–water partition coefficient (Wildman–Crippen LogP) is 1.37. The Hall–Kier alpha value is -0.870. The number of hydrogen-bond donors (Lipinski definition) is 2. The fourth-order valence-electron chi connectivity index (χ4n) is 2.45. The summed E-state index contributed by atoms with van der Waals surface area (Å²) >= 11 is 0. The van der Waals surface area contributed by atoms with Crippen molar-refractivity contribution in [3.05, 3.63) is 17.0 Å². The third kappa shape index (κ3) is 2.44. The monoisotopic (exact) mass is 223 g/mol. The minimum atomic E-state index is 0.638. The summed E-state index contributed by atoms with van der Waals surface area (Å²) < 4.78 is 5.42. The number of aromatic nitrogens is 2. The summed E-state index contributed by atoms with van der Waals surface area (Å²) in [6.45, 7) is 4.89. The number of aromatic amines is 1. The van der Waals surface area contributed by atoms with Gasteiger partial charge in [-0.25, -0.2) is 0 Å². The molecular weight excluding hydrogens is 202 g/mol. The van der Waals surface area contributed by atoms with Gasteiger partial charge in [0.15, 0.2) is 0 Å².